The number of nitrogens with zero attached hydrogens (tertiary/aromatic N) is 1. The maximum atomic E-state index is 4.19. The molecule has 0 saturated carbocycles. The molecule has 0 atom stereocenters. The van der Waals surface area contributed by atoms with Gasteiger partial charge < -0.3 is 0 Å². The Hall–Kier alpha value is -4.75. The molecule has 0 bridgehead atoms. The molecule has 48 heavy (non-hydrogen) atoms. The fourth-order valence-corrected chi connectivity index (χ4v) is 4.91. The zero-order chi connectivity index (χ0) is 35.9. The molecule has 0 amide bonds. The van der Waals surface area contributed by atoms with Gasteiger partial charge in [-0.2, -0.15) is 0 Å². The maximum absolute atomic E-state index is 4.19. The van der Waals surface area contributed by atoms with Gasteiger partial charge in [-0.1, -0.05) is 185 Å². The predicted molar refractivity (Wildman–Crippen MR) is 216 cm³/mol. The lowest BCUT2D eigenvalue weighted by atomic mass is 9.99. The lowest BCUT2D eigenvalue weighted by Crippen LogP contribution is -1.83. The van der Waals surface area contributed by atoms with Gasteiger partial charge in [0.25, 0.3) is 0 Å². The molecule has 0 spiro atoms. The summed E-state index contributed by atoms with van der Waals surface area (Å²) in [6, 6.07) is 47.0. The third-order valence-corrected chi connectivity index (χ3v) is 7.09. The summed E-state index contributed by atoms with van der Waals surface area (Å²) in [6.07, 6.45) is 1.85. The fourth-order valence-electron chi connectivity index (χ4n) is 4.91. The van der Waals surface area contributed by atoms with E-state index in [2.05, 4.69) is 167 Å². The molecule has 0 saturated heterocycles. The van der Waals surface area contributed by atoms with Gasteiger partial charge in [-0.05, 0) is 92.6 Å². The Bertz CT molecular complexity index is 1570. The highest BCUT2D eigenvalue weighted by atomic mass is 14.6. The van der Waals surface area contributed by atoms with Crippen LogP contribution in [0.15, 0.2) is 140 Å². The lowest BCUT2D eigenvalue weighted by Gasteiger charge is -2.05. The van der Waals surface area contributed by atoms with E-state index < -0.39 is 0 Å². The summed E-state index contributed by atoms with van der Waals surface area (Å²) in [5.74, 6) is 0. The molecule has 6 rings (SSSR count). The molecule has 0 unspecified atom stereocenters. The predicted octanol–water partition coefficient (Wildman–Crippen LogP) is 14.4. The first-order valence-electron chi connectivity index (χ1n) is 17.5. The molecule has 0 fully saturated rings. The molecular weight excluding hydrogens is 579 g/mol. The quantitative estimate of drug-likeness (QED) is 0.188. The van der Waals surface area contributed by atoms with Crippen molar-refractivity contribution in [3.63, 3.8) is 0 Å². The minimum atomic E-state index is 1.06. The van der Waals surface area contributed by atoms with Crippen molar-refractivity contribution in [1.82, 2.24) is 4.98 Å². The van der Waals surface area contributed by atoms with E-state index in [0.29, 0.717) is 0 Å². The zero-order valence-electron chi connectivity index (χ0n) is 31.7. The van der Waals surface area contributed by atoms with E-state index in [1.165, 1.54) is 61.2 Å². The zero-order valence-corrected chi connectivity index (χ0v) is 31.7. The van der Waals surface area contributed by atoms with Gasteiger partial charge >= 0.3 is 0 Å². The molecule has 5 aromatic carbocycles. The van der Waals surface area contributed by atoms with Crippen molar-refractivity contribution < 1.29 is 0 Å². The fraction of sp³-hybridized carbons (Fsp3) is 0.255. The van der Waals surface area contributed by atoms with Gasteiger partial charge in [0.15, 0.2) is 0 Å². The van der Waals surface area contributed by atoms with Crippen LogP contribution in [0.1, 0.15) is 75.1 Å². The molecule has 1 nitrogen and oxygen atoms in total. The summed E-state index contributed by atoms with van der Waals surface area (Å²) in [6.45, 7) is 24.6. The first-order chi connectivity index (χ1) is 23.3. The molecule has 0 aliphatic rings. The third kappa shape index (κ3) is 14.3. The van der Waals surface area contributed by atoms with Crippen LogP contribution in [-0.2, 0) is 0 Å². The second-order valence-electron chi connectivity index (χ2n) is 11.0. The van der Waals surface area contributed by atoms with Crippen molar-refractivity contribution in [2.75, 3.05) is 0 Å². The van der Waals surface area contributed by atoms with Crippen LogP contribution in [0.4, 0.5) is 0 Å². The van der Waals surface area contributed by atoms with Gasteiger partial charge in [0.1, 0.15) is 0 Å². The summed E-state index contributed by atoms with van der Waals surface area (Å²) >= 11 is 0. The van der Waals surface area contributed by atoms with Gasteiger partial charge in [-0.3, -0.25) is 4.98 Å². The number of hydrogen-bond donors (Lipinski definition) is 0. The van der Waals surface area contributed by atoms with Crippen molar-refractivity contribution in [3.8, 4) is 33.4 Å². The number of rotatable bonds is 3. The minimum absolute atomic E-state index is 1.06. The third-order valence-electron chi connectivity index (χ3n) is 7.09. The Morgan fingerprint density at radius 3 is 1.06 bits per heavy atom. The second-order valence-corrected chi connectivity index (χ2v) is 11.0. The molecule has 0 aliphatic heterocycles. The van der Waals surface area contributed by atoms with Crippen LogP contribution in [-0.4, -0.2) is 4.98 Å². The summed E-state index contributed by atoms with van der Waals surface area (Å²) in [4.78, 5) is 4.19. The summed E-state index contributed by atoms with van der Waals surface area (Å²) in [5, 5.41) is 0. The molecule has 252 valence electrons. The summed E-state index contributed by atoms with van der Waals surface area (Å²) in [7, 11) is 0. The molecular formula is C47H59N. The topological polar surface area (TPSA) is 12.9 Å². The SMILES string of the molecule is CC.CC.CC.Cc1cccc(-c2cccc(C)c2)c1.Cc1cccc(-c2ccccc2C)c1.Cc1cccc(-c2ccnc(C)c2)c1. The van der Waals surface area contributed by atoms with Crippen molar-refractivity contribution in [1.29, 1.82) is 0 Å². The Morgan fingerprint density at radius 2 is 0.688 bits per heavy atom. The Morgan fingerprint density at radius 1 is 0.333 bits per heavy atom. The number of benzene rings is 5. The van der Waals surface area contributed by atoms with E-state index in [0.717, 1.165) is 5.69 Å². The van der Waals surface area contributed by atoms with Crippen LogP contribution < -0.4 is 0 Å². The highest BCUT2D eigenvalue weighted by molar-refractivity contribution is 5.68. The van der Waals surface area contributed by atoms with Gasteiger partial charge in [0.05, 0.1) is 0 Å². The van der Waals surface area contributed by atoms with Crippen molar-refractivity contribution in [2.45, 2.75) is 83.1 Å². The van der Waals surface area contributed by atoms with Crippen molar-refractivity contribution in [2.24, 2.45) is 0 Å². The normalized spacial score (nSPS) is 9.25. The molecule has 0 radical (unpaired) electrons. The van der Waals surface area contributed by atoms with Crippen LogP contribution in [0, 0.1) is 41.5 Å². The Balaban J connectivity index is 0.000000333. The number of pyridine rings is 1. The molecule has 1 aromatic heterocycles. The van der Waals surface area contributed by atoms with Gasteiger partial charge in [-0.25, -0.2) is 0 Å². The van der Waals surface area contributed by atoms with Crippen LogP contribution in [0.25, 0.3) is 33.4 Å². The van der Waals surface area contributed by atoms with Gasteiger partial charge in [-0.15, -0.1) is 0 Å². The average molecular weight is 638 g/mol. The minimum Gasteiger partial charge on any atom is -0.262 e. The lowest BCUT2D eigenvalue weighted by molar-refractivity contribution is 1.20. The van der Waals surface area contributed by atoms with E-state index in [4.69, 9.17) is 0 Å². The van der Waals surface area contributed by atoms with Crippen LogP contribution in [0.3, 0.4) is 0 Å². The molecule has 0 N–H and O–H groups in total. The first kappa shape index (κ1) is 41.3. The number of hydrogen-bond acceptors (Lipinski definition) is 1. The maximum Gasteiger partial charge on any atom is 0.0378 e. The second kappa shape index (κ2) is 23.6. The molecule has 1 heteroatoms. The monoisotopic (exact) mass is 637 g/mol. The van der Waals surface area contributed by atoms with Gasteiger partial charge in [0.2, 0.25) is 0 Å². The molecule has 0 aliphatic carbocycles. The summed E-state index contributed by atoms with van der Waals surface area (Å²) in [5.41, 5.74) is 15.3. The largest absolute Gasteiger partial charge is 0.262 e. The van der Waals surface area contributed by atoms with Crippen molar-refractivity contribution >= 4 is 0 Å². The van der Waals surface area contributed by atoms with E-state index in [1.54, 1.807) is 0 Å². The summed E-state index contributed by atoms with van der Waals surface area (Å²) < 4.78 is 0. The van der Waals surface area contributed by atoms with Gasteiger partial charge in [0, 0.05) is 11.9 Å². The highest BCUT2D eigenvalue weighted by Crippen LogP contribution is 2.24. The van der Waals surface area contributed by atoms with E-state index in [-0.39, 0.29) is 0 Å². The first-order valence-corrected chi connectivity index (χ1v) is 17.5. The van der Waals surface area contributed by atoms with E-state index in [9.17, 15) is 0 Å². The van der Waals surface area contributed by atoms with Crippen LogP contribution in [0.5, 0.6) is 0 Å². The smallest absolute Gasteiger partial charge is 0.0378 e. The number of aromatic nitrogens is 1. The highest BCUT2D eigenvalue weighted by Gasteiger charge is 2.00. The van der Waals surface area contributed by atoms with Crippen LogP contribution >= 0.6 is 0 Å². The Labute approximate surface area is 293 Å². The van der Waals surface area contributed by atoms with Crippen molar-refractivity contribution in [3.05, 3.63) is 173 Å². The molecule has 1 heterocycles. The average Bonchev–Trinajstić information content (AvgIpc) is 3.12. The number of aryl methyl sites for hydroxylation is 6. The standard InChI is InChI=1S/2C14H14.C13H13N.3C2H6/c1-11-5-3-7-13(9-11)14-8-4-6-12(2)10-14;1-11-6-5-8-13(10-11)14-9-4-3-7-12(14)2;1-10-4-3-5-12(8-10)13-6-7-14-11(2)9-13;3*1-2/h2*3-10H,1-2H3;3-9H,1-2H3;3*1-2H3. The van der Waals surface area contributed by atoms with E-state index in [1.807, 2.05) is 60.7 Å². The molecule has 6 aromatic rings. The van der Waals surface area contributed by atoms with Crippen LogP contribution in [0.2, 0.25) is 0 Å². The van der Waals surface area contributed by atoms with E-state index >= 15 is 0 Å². The Kier molecular flexibility index (Phi) is 20.3.